The molecule has 132 valence electrons. The van der Waals surface area contributed by atoms with Gasteiger partial charge in [0, 0.05) is 53.0 Å². The molecule has 0 spiro atoms. The summed E-state index contributed by atoms with van der Waals surface area (Å²) in [5.74, 6) is 0.874. The summed E-state index contributed by atoms with van der Waals surface area (Å²) in [4.78, 5) is 6.66. The first-order valence-corrected chi connectivity index (χ1v) is 8.00. The second-order valence-corrected chi connectivity index (χ2v) is 5.51. The molecule has 23 heavy (non-hydrogen) atoms. The number of aliphatic imine (C=N–C) groups is 1. The van der Waals surface area contributed by atoms with Crippen LogP contribution in [0.5, 0.6) is 0 Å². The standard InChI is InChI=1S/C15H28N6O.HI/c1-16-15(18-6-7-21-8-10-22-11-9-21)17-5-3-4-14-12-19-20(2)13-14;/h12-13H,3-11H2,1-2H3,(H2,16,17,18);1H. The first-order chi connectivity index (χ1) is 10.8. The summed E-state index contributed by atoms with van der Waals surface area (Å²) in [7, 11) is 3.76. The lowest BCUT2D eigenvalue weighted by Gasteiger charge is -2.26. The van der Waals surface area contributed by atoms with Crippen molar-refractivity contribution >= 4 is 29.9 Å². The normalized spacial score (nSPS) is 16.0. The fraction of sp³-hybridized carbons (Fsp3) is 0.733. The average Bonchev–Trinajstić information content (AvgIpc) is 2.96. The molecule has 1 saturated heterocycles. The minimum absolute atomic E-state index is 0. The Labute approximate surface area is 155 Å². The van der Waals surface area contributed by atoms with Gasteiger partial charge in [-0.2, -0.15) is 5.10 Å². The number of nitrogens with one attached hydrogen (secondary N) is 2. The van der Waals surface area contributed by atoms with Crippen molar-refractivity contribution in [1.29, 1.82) is 0 Å². The van der Waals surface area contributed by atoms with Crippen molar-refractivity contribution in [2.45, 2.75) is 12.8 Å². The molecular weight excluding hydrogens is 407 g/mol. The molecule has 8 heteroatoms. The van der Waals surface area contributed by atoms with Crippen LogP contribution in [0.4, 0.5) is 0 Å². The summed E-state index contributed by atoms with van der Waals surface area (Å²) >= 11 is 0. The minimum atomic E-state index is 0. The second-order valence-electron chi connectivity index (χ2n) is 5.51. The maximum absolute atomic E-state index is 5.35. The van der Waals surface area contributed by atoms with E-state index in [-0.39, 0.29) is 24.0 Å². The topological polar surface area (TPSA) is 66.7 Å². The molecule has 2 heterocycles. The molecule has 1 aromatic rings. The van der Waals surface area contributed by atoms with E-state index in [9.17, 15) is 0 Å². The van der Waals surface area contributed by atoms with Gasteiger partial charge in [-0.15, -0.1) is 24.0 Å². The summed E-state index contributed by atoms with van der Waals surface area (Å²) in [5.41, 5.74) is 1.28. The molecule has 0 aromatic carbocycles. The predicted octanol–water partition coefficient (Wildman–Crippen LogP) is 0.468. The van der Waals surface area contributed by atoms with E-state index in [0.717, 1.165) is 64.7 Å². The van der Waals surface area contributed by atoms with Crippen LogP contribution in [0.1, 0.15) is 12.0 Å². The molecule has 2 rings (SSSR count). The van der Waals surface area contributed by atoms with Crippen LogP contribution in [0.2, 0.25) is 0 Å². The van der Waals surface area contributed by atoms with Gasteiger partial charge in [-0.05, 0) is 18.4 Å². The highest BCUT2D eigenvalue weighted by molar-refractivity contribution is 14.0. The van der Waals surface area contributed by atoms with E-state index < -0.39 is 0 Å². The molecule has 1 fully saturated rings. The molecule has 0 atom stereocenters. The van der Waals surface area contributed by atoms with Crippen LogP contribution in [0.25, 0.3) is 0 Å². The van der Waals surface area contributed by atoms with Gasteiger partial charge in [0.25, 0.3) is 0 Å². The number of ether oxygens (including phenoxy) is 1. The third-order valence-corrected chi connectivity index (χ3v) is 3.74. The number of halogens is 1. The van der Waals surface area contributed by atoms with Crippen LogP contribution in [0.3, 0.4) is 0 Å². The Morgan fingerprint density at radius 1 is 1.30 bits per heavy atom. The summed E-state index contributed by atoms with van der Waals surface area (Å²) in [6.07, 6.45) is 6.09. The van der Waals surface area contributed by atoms with Gasteiger partial charge in [0.15, 0.2) is 5.96 Å². The smallest absolute Gasteiger partial charge is 0.191 e. The number of hydrogen-bond donors (Lipinski definition) is 2. The summed E-state index contributed by atoms with van der Waals surface area (Å²) in [6, 6.07) is 0. The van der Waals surface area contributed by atoms with Gasteiger partial charge < -0.3 is 15.4 Å². The Kier molecular flexibility index (Phi) is 10.2. The minimum Gasteiger partial charge on any atom is -0.379 e. The molecule has 0 amide bonds. The fourth-order valence-electron chi connectivity index (χ4n) is 2.48. The van der Waals surface area contributed by atoms with E-state index in [4.69, 9.17) is 4.74 Å². The van der Waals surface area contributed by atoms with Gasteiger partial charge in [0.2, 0.25) is 0 Å². The summed E-state index contributed by atoms with van der Waals surface area (Å²) < 4.78 is 7.19. The van der Waals surface area contributed by atoms with Crippen molar-refractivity contribution in [3.05, 3.63) is 18.0 Å². The van der Waals surface area contributed by atoms with E-state index in [2.05, 4.69) is 31.8 Å². The molecule has 0 unspecified atom stereocenters. The van der Waals surface area contributed by atoms with Crippen molar-refractivity contribution in [3.8, 4) is 0 Å². The molecular formula is C15H29IN6O. The largest absolute Gasteiger partial charge is 0.379 e. The number of guanidine groups is 1. The molecule has 1 aromatic heterocycles. The summed E-state index contributed by atoms with van der Waals surface area (Å²) in [5, 5.41) is 10.9. The van der Waals surface area contributed by atoms with E-state index >= 15 is 0 Å². The van der Waals surface area contributed by atoms with Gasteiger partial charge in [0.1, 0.15) is 0 Å². The molecule has 0 saturated carbocycles. The highest BCUT2D eigenvalue weighted by Crippen LogP contribution is 1.99. The quantitative estimate of drug-likeness (QED) is 0.282. The Morgan fingerprint density at radius 3 is 2.70 bits per heavy atom. The molecule has 7 nitrogen and oxygen atoms in total. The zero-order valence-corrected chi connectivity index (χ0v) is 16.5. The van der Waals surface area contributed by atoms with Gasteiger partial charge in [-0.3, -0.25) is 14.6 Å². The SMILES string of the molecule is CN=C(NCCCc1cnn(C)c1)NCCN1CCOCC1.I. The maximum Gasteiger partial charge on any atom is 0.191 e. The van der Waals surface area contributed by atoms with E-state index in [0.29, 0.717) is 0 Å². The Bertz CT molecular complexity index is 459. The zero-order chi connectivity index (χ0) is 15.6. The number of aryl methyl sites for hydroxylation is 2. The molecule has 1 aliphatic rings. The van der Waals surface area contributed by atoms with Gasteiger partial charge in [0.05, 0.1) is 19.4 Å². The maximum atomic E-state index is 5.35. The van der Waals surface area contributed by atoms with Crippen LogP contribution in [-0.2, 0) is 18.2 Å². The van der Waals surface area contributed by atoms with Crippen molar-refractivity contribution < 1.29 is 4.74 Å². The van der Waals surface area contributed by atoms with E-state index in [1.165, 1.54) is 5.56 Å². The van der Waals surface area contributed by atoms with Crippen LogP contribution >= 0.6 is 24.0 Å². The van der Waals surface area contributed by atoms with Crippen LogP contribution in [-0.4, -0.2) is 73.6 Å². The zero-order valence-electron chi connectivity index (χ0n) is 14.1. The first kappa shape index (κ1) is 20.2. The lowest BCUT2D eigenvalue weighted by Crippen LogP contribution is -2.44. The van der Waals surface area contributed by atoms with Crippen molar-refractivity contribution in [2.24, 2.45) is 12.0 Å². The predicted molar refractivity (Wildman–Crippen MR) is 104 cm³/mol. The molecule has 1 aliphatic heterocycles. The Hall–Kier alpha value is -0.870. The monoisotopic (exact) mass is 436 g/mol. The highest BCUT2D eigenvalue weighted by atomic mass is 127. The third kappa shape index (κ3) is 7.98. The van der Waals surface area contributed by atoms with Gasteiger partial charge in [-0.1, -0.05) is 0 Å². The Morgan fingerprint density at radius 2 is 2.04 bits per heavy atom. The van der Waals surface area contributed by atoms with E-state index in [1.807, 2.05) is 25.0 Å². The number of hydrogen-bond acceptors (Lipinski definition) is 4. The lowest BCUT2D eigenvalue weighted by molar-refractivity contribution is 0.0389. The average molecular weight is 436 g/mol. The van der Waals surface area contributed by atoms with Gasteiger partial charge in [-0.25, -0.2) is 0 Å². The highest BCUT2D eigenvalue weighted by Gasteiger charge is 2.09. The number of morpholine rings is 1. The molecule has 0 radical (unpaired) electrons. The first-order valence-electron chi connectivity index (χ1n) is 8.00. The van der Waals surface area contributed by atoms with Crippen LogP contribution < -0.4 is 10.6 Å². The second kappa shape index (κ2) is 11.6. The Balaban J connectivity index is 0.00000264. The third-order valence-electron chi connectivity index (χ3n) is 3.74. The van der Waals surface area contributed by atoms with Crippen LogP contribution in [0.15, 0.2) is 17.4 Å². The molecule has 2 N–H and O–H groups in total. The van der Waals surface area contributed by atoms with Crippen molar-refractivity contribution in [1.82, 2.24) is 25.3 Å². The fourth-order valence-corrected chi connectivity index (χ4v) is 2.48. The van der Waals surface area contributed by atoms with Crippen LogP contribution in [0, 0.1) is 0 Å². The van der Waals surface area contributed by atoms with Crippen molar-refractivity contribution in [3.63, 3.8) is 0 Å². The van der Waals surface area contributed by atoms with E-state index in [1.54, 1.807) is 0 Å². The number of nitrogens with zero attached hydrogens (tertiary/aromatic N) is 4. The number of rotatable bonds is 7. The lowest BCUT2D eigenvalue weighted by atomic mass is 10.2. The van der Waals surface area contributed by atoms with Crippen molar-refractivity contribution in [2.75, 3.05) is 53.0 Å². The molecule has 0 aliphatic carbocycles. The summed E-state index contributed by atoms with van der Waals surface area (Å²) in [6.45, 7) is 6.59. The number of aromatic nitrogens is 2. The molecule has 0 bridgehead atoms. The van der Waals surface area contributed by atoms with Gasteiger partial charge >= 0.3 is 0 Å².